The molecule has 0 heterocycles. The van der Waals surface area contributed by atoms with Crippen molar-refractivity contribution < 1.29 is 13.5 Å². The van der Waals surface area contributed by atoms with Crippen molar-refractivity contribution in [2.45, 2.75) is 13.5 Å². The fourth-order valence-electron chi connectivity index (χ4n) is 0.397. The van der Waals surface area contributed by atoms with E-state index in [-0.39, 0.29) is 6.61 Å². The number of alkyl halides is 2. The molecule has 0 spiro atoms. The molecule has 56 valence electrons. The van der Waals surface area contributed by atoms with Crippen molar-refractivity contribution in [3.8, 4) is 0 Å². The van der Waals surface area contributed by atoms with Gasteiger partial charge in [0.1, 0.15) is 0 Å². The molecule has 1 N–H and O–H groups in total. The summed E-state index contributed by atoms with van der Waals surface area (Å²) in [6.07, 6.45) is 0. The minimum atomic E-state index is -2.64. The van der Waals surface area contributed by atoms with Gasteiger partial charge in [0.2, 0.25) is 0 Å². The van der Waals surface area contributed by atoms with Gasteiger partial charge in [-0.25, -0.2) is 0 Å². The summed E-state index contributed by atoms with van der Waals surface area (Å²) >= 11 is 0. The Kier molecular flexibility index (Phi) is 5.76. The lowest BCUT2D eigenvalue weighted by atomic mass is 10.6. The molecule has 0 aliphatic rings. The van der Waals surface area contributed by atoms with E-state index in [0.717, 1.165) is 6.54 Å². The standard InChI is InChI=1S/C5H11F2NO/c1-2-8-3-4-9-5(6)7/h5,8H,2-4H2,1H3. The van der Waals surface area contributed by atoms with Crippen molar-refractivity contribution in [3.05, 3.63) is 0 Å². The highest BCUT2D eigenvalue weighted by Gasteiger charge is 1.98. The second kappa shape index (κ2) is 5.91. The van der Waals surface area contributed by atoms with E-state index in [4.69, 9.17) is 0 Å². The van der Waals surface area contributed by atoms with Crippen molar-refractivity contribution in [1.82, 2.24) is 5.32 Å². The molecule has 0 aliphatic carbocycles. The summed E-state index contributed by atoms with van der Waals surface area (Å²) in [5.74, 6) is 0. The number of likely N-dealkylation sites (N-methyl/N-ethyl adjacent to an activating group) is 1. The molecule has 0 amide bonds. The topological polar surface area (TPSA) is 21.3 Å². The third-order valence-corrected chi connectivity index (χ3v) is 0.773. The number of halogens is 2. The van der Waals surface area contributed by atoms with Crippen LogP contribution in [0.5, 0.6) is 0 Å². The van der Waals surface area contributed by atoms with Gasteiger partial charge in [0.25, 0.3) is 0 Å². The van der Waals surface area contributed by atoms with Crippen molar-refractivity contribution in [2.75, 3.05) is 19.7 Å². The fraction of sp³-hybridized carbons (Fsp3) is 1.00. The number of nitrogens with one attached hydrogen (secondary N) is 1. The van der Waals surface area contributed by atoms with E-state index in [1.165, 1.54) is 0 Å². The smallest absolute Gasteiger partial charge is 0.322 e. The van der Waals surface area contributed by atoms with E-state index in [1.54, 1.807) is 0 Å². The Labute approximate surface area is 53.2 Å². The molecule has 0 saturated heterocycles. The van der Waals surface area contributed by atoms with Gasteiger partial charge in [-0.15, -0.1) is 0 Å². The van der Waals surface area contributed by atoms with Crippen LogP contribution in [0.15, 0.2) is 0 Å². The van der Waals surface area contributed by atoms with Gasteiger partial charge in [-0.1, -0.05) is 6.92 Å². The first-order chi connectivity index (χ1) is 4.27. The zero-order chi connectivity index (χ0) is 7.11. The molecule has 0 fully saturated rings. The Hall–Kier alpha value is -0.220. The second-order valence-corrected chi connectivity index (χ2v) is 1.48. The van der Waals surface area contributed by atoms with E-state index < -0.39 is 6.61 Å². The lowest BCUT2D eigenvalue weighted by Crippen LogP contribution is -2.20. The lowest BCUT2D eigenvalue weighted by molar-refractivity contribution is -0.127. The third kappa shape index (κ3) is 7.78. The average Bonchev–Trinajstić information content (AvgIpc) is 1.80. The molecule has 0 bridgehead atoms. The molecule has 2 nitrogen and oxygen atoms in total. The Balaban J connectivity index is 2.75. The predicted molar refractivity (Wildman–Crippen MR) is 30.5 cm³/mol. The predicted octanol–water partition coefficient (Wildman–Crippen LogP) is 0.835. The third-order valence-electron chi connectivity index (χ3n) is 0.773. The first kappa shape index (κ1) is 8.78. The summed E-state index contributed by atoms with van der Waals surface area (Å²) in [6, 6.07) is 0. The van der Waals surface area contributed by atoms with Gasteiger partial charge in [-0.2, -0.15) is 8.78 Å². The highest BCUT2D eigenvalue weighted by Crippen LogP contribution is 1.91. The Morgan fingerprint density at radius 1 is 1.56 bits per heavy atom. The van der Waals surface area contributed by atoms with Crippen molar-refractivity contribution in [2.24, 2.45) is 0 Å². The van der Waals surface area contributed by atoms with Crippen LogP contribution in [0.3, 0.4) is 0 Å². The van der Waals surface area contributed by atoms with Crippen LogP contribution in [0.25, 0.3) is 0 Å². The van der Waals surface area contributed by atoms with Crippen LogP contribution in [-0.2, 0) is 4.74 Å². The summed E-state index contributed by atoms with van der Waals surface area (Å²) < 4.78 is 26.4. The van der Waals surface area contributed by atoms with E-state index in [2.05, 4.69) is 10.1 Å². The number of hydrogen-bond donors (Lipinski definition) is 1. The molecule has 0 aromatic heterocycles. The fourth-order valence-corrected chi connectivity index (χ4v) is 0.397. The molecule has 9 heavy (non-hydrogen) atoms. The molecule has 0 aromatic carbocycles. The van der Waals surface area contributed by atoms with Gasteiger partial charge < -0.3 is 10.1 Å². The zero-order valence-electron chi connectivity index (χ0n) is 5.36. The number of hydrogen-bond acceptors (Lipinski definition) is 2. The first-order valence-corrected chi connectivity index (χ1v) is 2.88. The number of rotatable bonds is 5. The van der Waals surface area contributed by atoms with Crippen molar-refractivity contribution in [1.29, 1.82) is 0 Å². The molecule has 0 rings (SSSR count). The summed E-state index contributed by atoms with van der Waals surface area (Å²) in [5, 5.41) is 2.85. The average molecular weight is 139 g/mol. The maximum Gasteiger partial charge on any atom is 0.345 e. The summed E-state index contributed by atoms with van der Waals surface area (Å²) in [7, 11) is 0. The molecular weight excluding hydrogens is 128 g/mol. The van der Waals surface area contributed by atoms with Crippen LogP contribution in [0.4, 0.5) is 8.78 Å². The maximum atomic E-state index is 11.2. The van der Waals surface area contributed by atoms with E-state index >= 15 is 0 Å². The first-order valence-electron chi connectivity index (χ1n) is 2.88. The van der Waals surface area contributed by atoms with Crippen molar-refractivity contribution >= 4 is 0 Å². The molecule has 0 aromatic rings. The van der Waals surface area contributed by atoms with Crippen LogP contribution < -0.4 is 5.32 Å². The highest BCUT2D eigenvalue weighted by atomic mass is 19.3. The van der Waals surface area contributed by atoms with E-state index in [9.17, 15) is 8.78 Å². The van der Waals surface area contributed by atoms with Gasteiger partial charge >= 0.3 is 6.61 Å². The van der Waals surface area contributed by atoms with Gasteiger partial charge in [-0.3, -0.25) is 0 Å². The Morgan fingerprint density at radius 3 is 2.67 bits per heavy atom. The Morgan fingerprint density at radius 2 is 2.22 bits per heavy atom. The van der Waals surface area contributed by atoms with Gasteiger partial charge in [0, 0.05) is 6.54 Å². The number of ether oxygens (including phenoxy) is 1. The molecule has 0 radical (unpaired) electrons. The van der Waals surface area contributed by atoms with Gasteiger partial charge in [-0.05, 0) is 6.54 Å². The molecule has 0 atom stereocenters. The summed E-state index contributed by atoms with van der Waals surface area (Å²) in [6.45, 7) is 0.616. The van der Waals surface area contributed by atoms with Crippen LogP contribution in [-0.4, -0.2) is 26.3 Å². The van der Waals surface area contributed by atoms with Crippen LogP contribution >= 0.6 is 0 Å². The van der Waals surface area contributed by atoms with E-state index in [1.807, 2.05) is 6.92 Å². The van der Waals surface area contributed by atoms with Gasteiger partial charge in [0.15, 0.2) is 0 Å². The molecule has 0 unspecified atom stereocenters. The van der Waals surface area contributed by atoms with Gasteiger partial charge in [0.05, 0.1) is 6.61 Å². The highest BCUT2D eigenvalue weighted by molar-refractivity contribution is 4.38. The van der Waals surface area contributed by atoms with Crippen LogP contribution in [0.2, 0.25) is 0 Å². The van der Waals surface area contributed by atoms with Crippen molar-refractivity contribution in [3.63, 3.8) is 0 Å². The maximum absolute atomic E-state index is 11.2. The van der Waals surface area contributed by atoms with Crippen LogP contribution in [0.1, 0.15) is 6.92 Å². The SMILES string of the molecule is CCNCCOC(F)F. The Bertz CT molecular complexity index is 60.9. The quantitative estimate of drug-likeness (QED) is 0.570. The summed E-state index contributed by atoms with van der Waals surface area (Å²) in [4.78, 5) is 0. The molecule has 4 heteroatoms. The monoisotopic (exact) mass is 139 g/mol. The largest absolute Gasteiger partial charge is 0.345 e. The lowest BCUT2D eigenvalue weighted by Gasteiger charge is -2.01. The molecular formula is C5H11F2NO. The van der Waals surface area contributed by atoms with Crippen LogP contribution in [0, 0.1) is 0 Å². The zero-order valence-corrected chi connectivity index (χ0v) is 5.36. The normalized spacial score (nSPS) is 10.7. The second-order valence-electron chi connectivity index (χ2n) is 1.48. The minimum absolute atomic E-state index is 0.0749. The van der Waals surface area contributed by atoms with E-state index in [0.29, 0.717) is 6.54 Å². The minimum Gasteiger partial charge on any atom is -0.322 e. The molecule has 0 saturated carbocycles. The molecule has 0 aliphatic heterocycles. The summed E-state index contributed by atoms with van der Waals surface area (Å²) in [5.41, 5.74) is 0.